The Hall–Kier alpha value is -1.42. The minimum Gasteiger partial charge on any atom is -0.396 e. The molecule has 0 saturated heterocycles. The molecule has 4 heteroatoms. The summed E-state index contributed by atoms with van der Waals surface area (Å²) in [6.45, 7) is 0.925. The van der Waals surface area contributed by atoms with Crippen LogP contribution in [0.25, 0.3) is 0 Å². The van der Waals surface area contributed by atoms with Crippen molar-refractivity contribution in [2.75, 3.05) is 13.2 Å². The highest BCUT2D eigenvalue weighted by Gasteiger charge is 2.01. The van der Waals surface area contributed by atoms with E-state index in [4.69, 9.17) is 5.11 Å². The van der Waals surface area contributed by atoms with Gasteiger partial charge in [0.1, 0.15) is 0 Å². The zero-order valence-corrected chi connectivity index (χ0v) is 10.1. The van der Waals surface area contributed by atoms with E-state index < -0.39 is 0 Å². The van der Waals surface area contributed by atoms with Gasteiger partial charge in [-0.2, -0.15) is 0 Å². The van der Waals surface area contributed by atoms with E-state index in [1.54, 1.807) is 6.20 Å². The van der Waals surface area contributed by atoms with Crippen LogP contribution in [0.1, 0.15) is 31.4 Å². The molecule has 0 unspecified atom stereocenters. The number of nitrogens with one attached hydrogen (secondary N) is 1. The van der Waals surface area contributed by atoms with E-state index >= 15 is 0 Å². The van der Waals surface area contributed by atoms with Crippen molar-refractivity contribution in [2.45, 2.75) is 32.1 Å². The number of aromatic nitrogens is 1. The average Bonchev–Trinajstić information content (AvgIpc) is 2.37. The number of hydrogen-bond acceptors (Lipinski definition) is 3. The van der Waals surface area contributed by atoms with Gasteiger partial charge in [0.2, 0.25) is 5.91 Å². The normalized spacial score (nSPS) is 10.2. The fourth-order valence-electron chi connectivity index (χ4n) is 1.52. The number of carbonyl (C=O) groups is 1. The SMILES string of the molecule is O=C(CCc1ccccn1)NCCCCCO. The molecule has 1 amide bonds. The maximum absolute atomic E-state index is 11.5. The van der Waals surface area contributed by atoms with Crippen LogP contribution in [-0.4, -0.2) is 29.1 Å². The number of hydrogen-bond donors (Lipinski definition) is 2. The van der Waals surface area contributed by atoms with Crippen molar-refractivity contribution < 1.29 is 9.90 Å². The minimum atomic E-state index is 0.0691. The number of rotatable bonds is 8. The Morgan fingerprint density at radius 1 is 1.29 bits per heavy atom. The van der Waals surface area contributed by atoms with Crippen LogP contribution in [0.5, 0.6) is 0 Å². The molecule has 1 aromatic heterocycles. The summed E-state index contributed by atoms with van der Waals surface area (Å²) in [6.07, 6.45) is 5.60. The van der Waals surface area contributed by atoms with Crippen molar-refractivity contribution in [3.8, 4) is 0 Å². The largest absolute Gasteiger partial charge is 0.396 e. The van der Waals surface area contributed by atoms with E-state index in [-0.39, 0.29) is 12.5 Å². The summed E-state index contributed by atoms with van der Waals surface area (Å²) >= 11 is 0. The maximum Gasteiger partial charge on any atom is 0.220 e. The van der Waals surface area contributed by atoms with E-state index in [9.17, 15) is 4.79 Å². The van der Waals surface area contributed by atoms with Crippen molar-refractivity contribution in [3.63, 3.8) is 0 Å². The van der Waals surface area contributed by atoms with E-state index in [0.717, 1.165) is 25.0 Å². The maximum atomic E-state index is 11.5. The smallest absolute Gasteiger partial charge is 0.220 e. The fraction of sp³-hybridized carbons (Fsp3) is 0.538. The van der Waals surface area contributed by atoms with Gasteiger partial charge in [-0.15, -0.1) is 0 Å². The van der Waals surface area contributed by atoms with Gasteiger partial charge in [-0.05, 0) is 37.8 Å². The molecule has 94 valence electrons. The molecule has 0 saturated carbocycles. The molecule has 2 N–H and O–H groups in total. The van der Waals surface area contributed by atoms with Gasteiger partial charge in [0, 0.05) is 31.5 Å². The lowest BCUT2D eigenvalue weighted by atomic mass is 10.2. The lowest BCUT2D eigenvalue weighted by molar-refractivity contribution is -0.121. The molecule has 1 rings (SSSR count). The van der Waals surface area contributed by atoms with Crippen molar-refractivity contribution in [1.82, 2.24) is 10.3 Å². The molecule has 1 aromatic rings. The molecule has 17 heavy (non-hydrogen) atoms. The van der Waals surface area contributed by atoms with Crippen molar-refractivity contribution in [2.24, 2.45) is 0 Å². The van der Waals surface area contributed by atoms with Gasteiger partial charge >= 0.3 is 0 Å². The second-order valence-corrected chi connectivity index (χ2v) is 3.96. The molecule has 4 nitrogen and oxygen atoms in total. The molecule has 1 heterocycles. The van der Waals surface area contributed by atoms with Crippen molar-refractivity contribution >= 4 is 5.91 Å². The molecule has 0 aliphatic carbocycles. The zero-order valence-electron chi connectivity index (χ0n) is 10.1. The number of aliphatic hydroxyl groups excluding tert-OH is 1. The molecule has 0 aromatic carbocycles. The Labute approximate surface area is 102 Å². The van der Waals surface area contributed by atoms with Gasteiger partial charge in [-0.3, -0.25) is 9.78 Å². The third-order valence-corrected chi connectivity index (χ3v) is 2.49. The zero-order chi connectivity index (χ0) is 12.3. The number of aryl methyl sites for hydroxylation is 1. The summed E-state index contributed by atoms with van der Waals surface area (Å²) in [5.41, 5.74) is 0.947. The van der Waals surface area contributed by atoms with Gasteiger partial charge < -0.3 is 10.4 Å². The van der Waals surface area contributed by atoms with Crippen LogP contribution in [0.15, 0.2) is 24.4 Å². The molecular weight excluding hydrogens is 216 g/mol. The van der Waals surface area contributed by atoms with Gasteiger partial charge in [-0.25, -0.2) is 0 Å². The first-order valence-corrected chi connectivity index (χ1v) is 6.10. The van der Waals surface area contributed by atoms with E-state index in [1.165, 1.54) is 0 Å². The second kappa shape index (κ2) is 8.70. The summed E-state index contributed by atoms with van der Waals surface area (Å²) in [4.78, 5) is 15.6. The Morgan fingerprint density at radius 2 is 2.18 bits per heavy atom. The van der Waals surface area contributed by atoms with Crippen LogP contribution in [0.4, 0.5) is 0 Å². The molecule has 0 spiro atoms. The van der Waals surface area contributed by atoms with Crippen LogP contribution in [0.3, 0.4) is 0 Å². The van der Waals surface area contributed by atoms with Crippen LogP contribution < -0.4 is 5.32 Å². The summed E-state index contributed by atoms with van der Waals surface area (Å²) in [5, 5.41) is 11.5. The number of pyridine rings is 1. The van der Waals surface area contributed by atoms with E-state index in [2.05, 4.69) is 10.3 Å². The van der Waals surface area contributed by atoms with Gasteiger partial charge in [-0.1, -0.05) is 6.07 Å². The first-order chi connectivity index (χ1) is 8.33. The Bertz CT molecular complexity index is 314. The standard InChI is InChI=1S/C13H20N2O2/c16-11-5-1-3-10-15-13(17)8-7-12-6-2-4-9-14-12/h2,4,6,9,16H,1,3,5,7-8,10-11H2,(H,15,17). The van der Waals surface area contributed by atoms with Gasteiger partial charge in [0.25, 0.3) is 0 Å². The predicted molar refractivity (Wildman–Crippen MR) is 66.5 cm³/mol. The van der Waals surface area contributed by atoms with Gasteiger partial charge in [0.15, 0.2) is 0 Å². The summed E-state index contributed by atoms with van der Waals surface area (Å²) in [7, 11) is 0. The fourth-order valence-corrected chi connectivity index (χ4v) is 1.52. The predicted octanol–water partition coefficient (Wildman–Crippen LogP) is 1.29. The molecule has 0 bridgehead atoms. The van der Waals surface area contributed by atoms with E-state index in [0.29, 0.717) is 19.4 Å². The quantitative estimate of drug-likeness (QED) is 0.669. The number of aliphatic hydroxyl groups is 1. The van der Waals surface area contributed by atoms with Crippen LogP contribution >= 0.6 is 0 Å². The highest BCUT2D eigenvalue weighted by atomic mass is 16.2. The molecule has 0 fully saturated rings. The first kappa shape index (κ1) is 13.6. The highest BCUT2D eigenvalue weighted by Crippen LogP contribution is 1.98. The number of carbonyl (C=O) groups excluding carboxylic acids is 1. The summed E-state index contributed by atoms with van der Waals surface area (Å²) in [6, 6.07) is 5.72. The topological polar surface area (TPSA) is 62.2 Å². The van der Waals surface area contributed by atoms with Crippen molar-refractivity contribution in [3.05, 3.63) is 30.1 Å². The van der Waals surface area contributed by atoms with Crippen LogP contribution in [-0.2, 0) is 11.2 Å². The van der Waals surface area contributed by atoms with Crippen molar-refractivity contribution in [1.29, 1.82) is 0 Å². The Morgan fingerprint density at radius 3 is 2.88 bits per heavy atom. The third-order valence-electron chi connectivity index (χ3n) is 2.49. The average molecular weight is 236 g/mol. The van der Waals surface area contributed by atoms with Crippen LogP contribution in [0, 0.1) is 0 Å². The molecule has 0 aliphatic rings. The van der Waals surface area contributed by atoms with Crippen LogP contribution in [0.2, 0.25) is 0 Å². The minimum absolute atomic E-state index is 0.0691. The number of nitrogens with zero attached hydrogens (tertiary/aromatic N) is 1. The molecule has 0 aliphatic heterocycles. The van der Waals surface area contributed by atoms with E-state index in [1.807, 2.05) is 18.2 Å². The Balaban J connectivity index is 2.05. The number of unbranched alkanes of at least 4 members (excludes halogenated alkanes) is 2. The highest BCUT2D eigenvalue weighted by molar-refractivity contribution is 5.76. The third kappa shape index (κ3) is 6.68. The molecule has 0 radical (unpaired) electrons. The van der Waals surface area contributed by atoms with Gasteiger partial charge in [0.05, 0.1) is 0 Å². The lowest BCUT2D eigenvalue weighted by Gasteiger charge is -2.04. The molecular formula is C13H20N2O2. The number of amides is 1. The lowest BCUT2D eigenvalue weighted by Crippen LogP contribution is -2.24. The second-order valence-electron chi connectivity index (χ2n) is 3.96. The summed E-state index contributed by atoms with van der Waals surface area (Å²) in [5.74, 6) is 0.0691. The summed E-state index contributed by atoms with van der Waals surface area (Å²) < 4.78 is 0. The molecule has 0 atom stereocenters. The first-order valence-electron chi connectivity index (χ1n) is 6.10. The Kier molecular flexibility index (Phi) is 6.98. The monoisotopic (exact) mass is 236 g/mol.